The van der Waals surface area contributed by atoms with Crippen LogP contribution in [0.2, 0.25) is 0 Å². The van der Waals surface area contributed by atoms with Crippen molar-refractivity contribution in [2.24, 2.45) is 11.7 Å². The number of nitrogens with zero attached hydrogens (tertiary/aromatic N) is 4. The van der Waals surface area contributed by atoms with Crippen LogP contribution >= 0.6 is 0 Å². The number of nitrogens with two attached hydrogens (primary N) is 1. The number of ether oxygens (including phenoxy) is 1. The van der Waals surface area contributed by atoms with E-state index in [1.165, 1.54) is 6.07 Å². The molecule has 0 spiro atoms. The minimum absolute atomic E-state index is 0.239. The van der Waals surface area contributed by atoms with E-state index in [0.717, 1.165) is 53.3 Å². The number of hydrogen-bond acceptors (Lipinski definition) is 7. The molecule has 1 saturated heterocycles. The van der Waals surface area contributed by atoms with Crippen molar-refractivity contribution in [1.82, 2.24) is 15.0 Å². The van der Waals surface area contributed by atoms with E-state index < -0.39 is 0 Å². The Morgan fingerprint density at radius 3 is 2.87 bits per heavy atom. The van der Waals surface area contributed by atoms with E-state index in [-0.39, 0.29) is 17.9 Å². The average molecular weight is 418 g/mol. The molecule has 0 radical (unpaired) electrons. The smallest absolute Gasteiger partial charge is 0.324 e. The number of rotatable bonds is 4. The van der Waals surface area contributed by atoms with Gasteiger partial charge in [-0.05, 0) is 54.2 Å². The molecule has 7 nitrogen and oxygen atoms in total. The highest BCUT2D eigenvalue weighted by Gasteiger charge is 2.45. The minimum atomic E-state index is -0.275. The molecule has 2 aromatic heterocycles. The molecule has 1 unspecified atom stereocenters. The molecule has 3 aromatic rings. The van der Waals surface area contributed by atoms with Crippen LogP contribution in [0.4, 0.5) is 15.9 Å². The fourth-order valence-electron chi connectivity index (χ4n) is 5.34. The van der Waals surface area contributed by atoms with Crippen LogP contribution in [-0.4, -0.2) is 40.6 Å². The summed E-state index contributed by atoms with van der Waals surface area (Å²) in [6, 6.07) is 7.62. The molecule has 31 heavy (non-hydrogen) atoms. The van der Waals surface area contributed by atoms with Crippen molar-refractivity contribution < 1.29 is 9.13 Å². The zero-order chi connectivity index (χ0) is 21.1. The van der Waals surface area contributed by atoms with E-state index in [4.69, 9.17) is 20.4 Å². The van der Waals surface area contributed by atoms with Crippen molar-refractivity contribution in [1.29, 1.82) is 0 Å². The fraction of sp³-hybridized carbons (Fsp3) is 0.348. The number of nitrogens with one attached hydrogen (secondary N) is 1. The second kappa shape index (κ2) is 6.88. The Morgan fingerprint density at radius 1 is 1.26 bits per heavy atom. The van der Waals surface area contributed by atoms with Crippen molar-refractivity contribution in [3.8, 4) is 22.9 Å². The van der Waals surface area contributed by atoms with Gasteiger partial charge in [0.1, 0.15) is 17.4 Å². The monoisotopic (exact) mass is 418 g/mol. The van der Waals surface area contributed by atoms with E-state index in [2.05, 4.69) is 15.2 Å². The van der Waals surface area contributed by atoms with Gasteiger partial charge in [-0.2, -0.15) is 9.97 Å². The Balaban J connectivity index is 1.49. The second-order valence-corrected chi connectivity index (χ2v) is 8.55. The predicted octanol–water partition coefficient (Wildman–Crippen LogP) is 3.34. The van der Waals surface area contributed by atoms with Crippen molar-refractivity contribution in [2.75, 3.05) is 23.8 Å². The van der Waals surface area contributed by atoms with Crippen LogP contribution in [0.1, 0.15) is 24.1 Å². The number of benzene rings is 1. The molecule has 3 aliphatic rings. The van der Waals surface area contributed by atoms with Gasteiger partial charge in [0.2, 0.25) is 0 Å². The number of fused-ring (bicyclic) bond motifs is 5. The lowest BCUT2D eigenvalue weighted by Crippen LogP contribution is -2.41. The van der Waals surface area contributed by atoms with Crippen LogP contribution in [0.5, 0.6) is 11.8 Å². The summed E-state index contributed by atoms with van der Waals surface area (Å²) in [5.74, 6) is 1.58. The van der Waals surface area contributed by atoms with Gasteiger partial charge in [0, 0.05) is 49.5 Å². The molecule has 8 heteroatoms. The zero-order valence-corrected chi connectivity index (χ0v) is 17.2. The van der Waals surface area contributed by atoms with Gasteiger partial charge >= 0.3 is 6.01 Å². The third-order valence-corrected chi connectivity index (χ3v) is 6.75. The number of halogens is 1. The quantitative estimate of drug-likeness (QED) is 0.525. The van der Waals surface area contributed by atoms with Crippen molar-refractivity contribution in [3.05, 3.63) is 53.7 Å². The summed E-state index contributed by atoms with van der Waals surface area (Å²) < 4.78 is 20.4. The summed E-state index contributed by atoms with van der Waals surface area (Å²) in [5, 5.41) is 3.12. The highest BCUT2D eigenvalue weighted by atomic mass is 19.1. The summed E-state index contributed by atoms with van der Waals surface area (Å²) in [5.41, 5.74) is 10.7. The molecule has 6 rings (SSSR count). The van der Waals surface area contributed by atoms with Gasteiger partial charge in [0.25, 0.3) is 0 Å². The zero-order valence-electron chi connectivity index (χ0n) is 17.2. The first-order chi connectivity index (χ1) is 15.1. The number of anilines is 2. The van der Waals surface area contributed by atoms with Gasteiger partial charge in [-0.25, -0.2) is 4.39 Å². The minimum Gasteiger partial charge on any atom is -0.423 e. The summed E-state index contributed by atoms with van der Waals surface area (Å²) in [4.78, 5) is 16.0. The van der Waals surface area contributed by atoms with E-state index in [1.54, 1.807) is 18.5 Å². The van der Waals surface area contributed by atoms with E-state index in [1.807, 2.05) is 19.2 Å². The first-order valence-corrected chi connectivity index (χ1v) is 10.6. The molecule has 2 aliphatic carbocycles. The first-order valence-electron chi connectivity index (χ1n) is 10.6. The molecular formula is C23H23FN6O. The van der Waals surface area contributed by atoms with Crippen LogP contribution < -0.4 is 20.7 Å². The first kappa shape index (κ1) is 18.5. The summed E-state index contributed by atoms with van der Waals surface area (Å²) in [6.07, 6.45) is 5.94. The van der Waals surface area contributed by atoms with E-state index in [0.29, 0.717) is 24.1 Å². The molecular weight excluding hydrogens is 395 g/mol. The molecule has 3 N–H and O–H groups in total. The normalized spacial score (nSPS) is 23.1. The lowest BCUT2D eigenvalue weighted by atomic mass is 10.0. The maximum atomic E-state index is 14.4. The SMILES string of the molecule is CNc1cc(F)cc2c1Cc1nc(Oc3cccnc3)nc(N3C[C@H]4CC3C[C@H]4N)c1-2. The molecule has 3 heterocycles. The Labute approximate surface area is 179 Å². The number of piperidine rings is 1. The molecule has 1 aliphatic heterocycles. The van der Waals surface area contributed by atoms with E-state index in [9.17, 15) is 4.39 Å². The molecule has 1 aromatic carbocycles. The standard InChI is InChI=1S/C23H23FN6O/c1-26-19-7-13(24)6-17-16(19)9-20-21(17)22(30-11-12-5-14(30)8-18(12)25)29-23(28-20)31-15-3-2-4-27-10-15/h2-4,6-7,10,12,14,18,26H,5,8-9,11,25H2,1H3/t12-,14?,18-/m1/s1. The van der Waals surface area contributed by atoms with Gasteiger partial charge in [-0.1, -0.05) is 0 Å². The second-order valence-electron chi connectivity index (χ2n) is 8.55. The topological polar surface area (TPSA) is 89.2 Å². The highest BCUT2D eigenvalue weighted by molar-refractivity contribution is 5.88. The molecule has 2 fully saturated rings. The largest absolute Gasteiger partial charge is 0.423 e. The van der Waals surface area contributed by atoms with Gasteiger partial charge in [0.05, 0.1) is 11.9 Å². The van der Waals surface area contributed by atoms with Gasteiger partial charge in [-0.15, -0.1) is 0 Å². The maximum absolute atomic E-state index is 14.4. The van der Waals surface area contributed by atoms with Gasteiger partial charge in [-0.3, -0.25) is 4.98 Å². The van der Waals surface area contributed by atoms with Crippen molar-refractivity contribution >= 4 is 11.5 Å². The average Bonchev–Trinajstić information content (AvgIpc) is 3.45. The van der Waals surface area contributed by atoms with Gasteiger partial charge in [0.15, 0.2) is 0 Å². The molecule has 1 saturated carbocycles. The van der Waals surface area contributed by atoms with Crippen LogP contribution in [0.25, 0.3) is 11.1 Å². The van der Waals surface area contributed by atoms with Crippen LogP contribution in [-0.2, 0) is 6.42 Å². The van der Waals surface area contributed by atoms with Crippen molar-refractivity contribution in [2.45, 2.75) is 31.3 Å². The number of pyridine rings is 1. The van der Waals surface area contributed by atoms with E-state index >= 15 is 0 Å². The molecule has 0 amide bonds. The Morgan fingerprint density at radius 2 is 2.16 bits per heavy atom. The summed E-state index contributed by atoms with van der Waals surface area (Å²) >= 11 is 0. The van der Waals surface area contributed by atoms with Gasteiger partial charge < -0.3 is 20.7 Å². The Hall–Kier alpha value is -3.26. The molecule has 158 valence electrons. The molecule has 2 bridgehead atoms. The fourth-order valence-corrected chi connectivity index (χ4v) is 5.34. The number of hydrogen-bond donors (Lipinski definition) is 2. The van der Waals surface area contributed by atoms with Crippen LogP contribution in [0.3, 0.4) is 0 Å². The predicted molar refractivity (Wildman–Crippen MR) is 116 cm³/mol. The van der Waals surface area contributed by atoms with Crippen molar-refractivity contribution in [3.63, 3.8) is 0 Å². The Kier molecular flexibility index (Phi) is 4.11. The molecule has 3 atom stereocenters. The maximum Gasteiger partial charge on any atom is 0.324 e. The third kappa shape index (κ3) is 2.93. The Bertz CT molecular complexity index is 1170. The summed E-state index contributed by atoms with van der Waals surface area (Å²) in [7, 11) is 1.81. The summed E-state index contributed by atoms with van der Waals surface area (Å²) in [6.45, 7) is 0.852. The van der Waals surface area contributed by atoms with Crippen LogP contribution in [0.15, 0.2) is 36.7 Å². The lowest BCUT2D eigenvalue weighted by molar-refractivity contribution is 0.434. The number of aromatic nitrogens is 3. The lowest BCUT2D eigenvalue weighted by Gasteiger charge is -2.32. The highest BCUT2D eigenvalue weighted by Crippen LogP contribution is 2.48. The third-order valence-electron chi connectivity index (χ3n) is 6.75. The van der Waals surface area contributed by atoms with Crippen LogP contribution in [0, 0.1) is 11.7 Å².